The van der Waals surface area contributed by atoms with Crippen molar-refractivity contribution in [3.63, 3.8) is 0 Å². The summed E-state index contributed by atoms with van der Waals surface area (Å²) >= 11 is 11.1. The number of hydrogen-bond acceptors (Lipinski definition) is 2. The van der Waals surface area contributed by atoms with E-state index >= 15 is 0 Å². The van der Waals surface area contributed by atoms with Gasteiger partial charge in [-0.05, 0) is 18.2 Å². The van der Waals surface area contributed by atoms with Gasteiger partial charge in [-0.25, -0.2) is 0 Å². The van der Waals surface area contributed by atoms with E-state index < -0.39 is 29.2 Å². The Balaban J connectivity index is 2.74. The minimum Gasteiger partial charge on any atom is -0.494 e. The van der Waals surface area contributed by atoms with Crippen LogP contribution in [0.15, 0.2) is 24.3 Å². The van der Waals surface area contributed by atoms with Gasteiger partial charge in [0.05, 0.1) is 17.1 Å². The number of hydrogen-bond donors (Lipinski definition) is 2. The number of nitrogens with zero attached hydrogens (tertiary/aromatic N) is 1. The van der Waals surface area contributed by atoms with Gasteiger partial charge in [-0.3, -0.25) is 4.57 Å². The van der Waals surface area contributed by atoms with Crippen molar-refractivity contribution in [1.82, 2.24) is 4.57 Å². The van der Waals surface area contributed by atoms with Gasteiger partial charge in [0, 0.05) is 16.7 Å². The van der Waals surface area contributed by atoms with Gasteiger partial charge < -0.3 is 10.2 Å². The van der Waals surface area contributed by atoms with E-state index in [9.17, 15) is 23.4 Å². The van der Waals surface area contributed by atoms with Gasteiger partial charge in [0.25, 0.3) is 0 Å². The summed E-state index contributed by atoms with van der Waals surface area (Å²) in [6.45, 7) is 0. The fourth-order valence-electron chi connectivity index (χ4n) is 1.80. The zero-order chi connectivity index (χ0) is 15.1. The Kier molecular flexibility index (Phi) is 3.80. The van der Waals surface area contributed by atoms with Gasteiger partial charge in [0.15, 0.2) is 5.88 Å². The first-order chi connectivity index (χ1) is 9.25. The van der Waals surface area contributed by atoms with Crippen LogP contribution in [0.1, 0.15) is 11.1 Å². The van der Waals surface area contributed by atoms with E-state index in [0.717, 1.165) is 18.2 Å². The van der Waals surface area contributed by atoms with Crippen molar-refractivity contribution < 1.29 is 23.4 Å². The second-order valence-corrected chi connectivity index (χ2v) is 4.68. The normalized spacial score (nSPS) is 11.8. The average Bonchev–Trinajstić information content (AvgIpc) is 2.64. The van der Waals surface area contributed by atoms with Gasteiger partial charge >= 0.3 is 6.18 Å². The molecule has 0 radical (unpaired) electrons. The highest BCUT2D eigenvalue weighted by molar-refractivity contribution is 6.30. The maximum atomic E-state index is 13.0. The molecule has 0 aliphatic heterocycles. The van der Waals surface area contributed by atoms with Crippen molar-refractivity contribution in [2.24, 2.45) is 0 Å². The molecule has 0 atom stereocenters. The molecule has 0 saturated heterocycles. The number of halogens is 5. The highest BCUT2D eigenvalue weighted by Crippen LogP contribution is 2.40. The Morgan fingerprint density at radius 2 is 1.80 bits per heavy atom. The molecule has 0 bridgehead atoms. The van der Waals surface area contributed by atoms with Gasteiger partial charge in [-0.15, -0.1) is 11.6 Å². The fourth-order valence-corrected chi connectivity index (χ4v) is 2.17. The maximum absolute atomic E-state index is 13.0. The second-order valence-electron chi connectivity index (χ2n) is 3.98. The molecule has 2 rings (SSSR count). The quantitative estimate of drug-likeness (QED) is 0.808. The molecular formula is C12H8Cl2F3NO2. The van der Waals surface area contributed by atoms with Crippen molar-refractivity contribution in [3.8, 4) is 17.4 Å². The van der Waals surface area contributed by atoms with Crippen molar-refractivity contribution in [3.05, 3.63) is 40.4 Å². The lowest BCUT2D eigenvalue weighted by Crippen LogP contribution is -2.10. The van der Waals surface area contributed by atoms with E-state index in [1.165, 1.54) is 6.07 Å². The van der Waals surface area contributed by atoms with Crippen LogP contribution in [0, 0.1) is 0 Å². The summed E-state index contributed by atoms with van der Waals surface area (Å²) in [7, 11) is 0. The molecule has 0 saturated carbocycles. The molecule has 1 aromatic heterocycles. The lowest BCUT2D eigenvalue weighted by Gasteiger charge is -2.15. The first kappa shape index (κ1) is 14.9. The van der Waals surface area contributed by atoms with Crippen molar-refractivity contribution >= 4 is 23.2 Å². The van der Waals surface area contributed by atoms with E-state index in [4.69, 9.17) is 23.2 Å². The highest BCUT2D eigenvalue weighted by Gasteiger charge is 2.35. The van der Waals surface area contributed by atoms with Crippen LogP contribution in [-0.4, -0.2) is 14.8 Å². The molecule has 0 spiro atoms. The Morgan fingerprint density at radius 3 is 2.30 bits per heavy atom. The number of aromatic nitrogens is 1. The standard InChI is InChI=1S/C12H8Cl2F3NO2/c13-5-6-3-10(19)18(11(6)20)9-2-1-7(14)4-8(9)12(15,16)17/h1-4,19-20H,5H2. The second kappa shape index (κ2) is 5.10. The van der Waals surface area contributed by atoms with Gasteiger partial charge in [-0.2, -0.15) is 13.2 Å². The van der Waals surface area contributed by atoms with Gasteiger partial charge in [0.1, 0.15) is 0 Å². The summed E-state index contributed by atoms with van der Waals surface area (Å²) in [6.07, 6.45) is -4.69. The average molecular weight is 326 g/mol. The van der Waals surface area contributed by atoms with Crippen LogP contribution in [0.2, 0.25) is 5.02 Å². The monoisotopic (exact) mass is 325 g/mol. The fraction of sp³-hybridized carbons (Fsp3) is 0.167. The molecule has 3 nitrogen and oxygen atoms in total. The summed E-state index contributed by atoms with van der Waals surface area (Å²) < 4.78 is 39.7. The van der Waals surface area contributed by atoms with Crippen LogP contribution in [0.3, 0.4) is 0 Å². The van der Waals surface area contributed by atoms with Crippen LogP contribution < -0.4 is 0 Å². The number of alkyl halides is 4. The molecule has 0 amide bonds. The third-order valence-corrected chi connectivity index (χ3v) is 3.20. The Hall–Kier alpha value is -1.53. The molecule has 2 N–H and O–H groups in total. The number of aromatic hydroxyl groups is 2. The van der Waals surface area contributed by atoms with Crippen LogP contribution >= 0.6 is 23.2 Å². The topological polar surface area (TPSA) is 45.4 Å². The summed E-state index contributed by atoms with van der Waals surface area (Å²) in [5, 5.41) is 19.4. The minimum absolute atomic E-state index is 0.107. The van der Waals surface area contributed by atoms with E-state index in [1.807, 2.05) is 0 Å². The first-order valence-electron chi connectivity index (χ1n) is 5.31. The molecule has 0 unspecified atom stereocenters. The molecule has 0 aliphatic carbocycles. The van der Waals surface area contributed by atoms with E-state index in [1.54, 1.807) is 0 Å². The third kappa shape index (κ3) is 2.53. The SMILES string of the molecule is Oc1cc(CCl)c(O)n1-c1ccc(Cl)cc1C(F)(F)F. The zero-order valence-corrected chi connectivity index (χ0v) is 11.3. The van der Waals surface area contributed by atoms with Crippen molar-refractivity contribution in [2.45, 2.75) is 12.1 Å². The molecule has 108 valence electrons. The zero-order valence-electron chi connectivity index (χ0n) is 9.75. The molecule has 1 aromatic carbocycles. The van der Waals surface area contributed by atoms with E-state index in [2.05, 4.69) is 0 Å². The smallest absolute Gasteiger partial charge is 0.418 e. The highest BCUT2D eigenvalue weighted by atomic mass is 35.5. The van der Waals surface area contributed by atoms with Crippen LogP contribution in [0.4, 0.5) is 13.2 Å². The predicted octanol–water partition coefficient (Wildman–Crippen LogP) is 4.30. The van der Waals surface area contributed by atoms with Crippen molar-refractivity contribution in [2.75, 3.05) is 0 Å². The Morgan fingerprint density at radius 1 is 1.15 bits per heavy atom. The van der Waals surface area contributed by atoms with Gasteiger partial charge in [0.2, 0.25) is 5.88 Å². The molecule has 2 aromatic rings. The Bertz CT molecular complexity index is 653. The lowest BCUT2D eigenvalue weighted by molar-refractivity contribution is -0.137. The number of benzene rings is 1. The predicted molar refractivity (Wildman–Crippen MR) is 68.7 cm³/mol. The van der Waals surface area contributed by atoms with Crippen LogP contribution in [-0.2, 0) is 12.1 Å². The maximum Gasteiger partial charge on any atom is 0.418 e. The molecule has 20 heavy (non-hydrogen) atoms. The first-order valence-corrected chi connectivity index (χ1v) is 6.22. The van der Waals surface area contributed by atoms with Crippen molar-refractivity contribution in [1.29, 1.82) is 0 Å². The van der Waals surface area contributed by atoms with Crippen LogP contribution in [0.25, 0.3) is 5.69 Å². The summed E-state index contributed by atoms with van der Waals surface area (Å²) in [6, 6.07) is 4.10. The van der Waals surface area contributed by atoms with E-state index in [-0.39, 0.29) is 16.5 Å². The Labute approximate surface area is 121 Å². The molecule has 0 aliphatic rings. The molecule has 1 heterocycles. The van der Waals surface area contributed by atoms with E-state index in [0.29, 0.717) is 4.57 Å². The largest absolute Gasteiger partial charge is 0.494 e. The van der Waals surface area contributed by atoms with Crippen LogP contribution in [0.5, 0.6) is 11.8 Å². The molecule has 8 heteroatoms. The summed E-state index contributed by atoms with van der Waals surface area (Å²) in [5.41, 5.74) is -1.40. The third-order valence-electron chi connectivity index (χ3n) is 2.68. The summed E-state index contributed by atoms with van der Waals surface area (Å²) in [5.74, 6) is -1.25. The lowest BCUT2D eigenvalue weighted by atomic mass is 10.1. The molecule has 0 fully saturated rings. The summed E-state index contributed by atoms with van der Waals surface area (Å²) in [4.78, 5) is 0. The van der Waals surface area contributed by atoms with Gasteiger partial charge in [-0.1, -0.05) is 11.6 Å². The molecular weight excluding hydrogens is 318 g/mol. The number of rotatable bonds is 2. The minimum atomic E-state index is -4.69.